The summed E-state index contributed by atoms with van der Waals surface area (Å²) in [7, 11) is 1.67. The molecule has 0 aromatic heterocycles. The summed E-state index contributed by atoms with van der Waals surface area (Å²) < 4.78 is 5.22. The lowest BCUT2D eigenvalue weighted by Crippen LogP contribution is -2.44. The number of rotatable bonds is 4. The Labute approximate surface area is 126 Å². The molecule has 1 saturated carbocycles. The molecule has 1 aliphatic heterocycles. The van der Waals surface area contributed by atoms with Crippen molar-refractivity contribution < 1.29 is 9.53 Å². The molecule has 1 N–H and O–H groups in total. The monoisotopic (exact) mass is 288 g/mol. The lowest BCUT2D eigenvalue weighted by atomic mass is 9.98. The summed E-state index contributed by atoms with van der Waals surface area (Å²) in [5, 5.41) is 3.64. The summed E-state index contributed by atoms with van der Waals surface area (Å²) in [6.07, 6.45) is 5.22. The van der Waals surface area contributed by atoms with Crippen LogP contribution in [-0.2, 0) is 4.79 Å². The van der Waals surface area contributed by atoms with E-state index in [1.54, 1.807) is 7.11 Å². The average Bonchev–Trinajstić information content (AvgIpc) is 3.09. The highest BCUT2D eigenvalue weighted by Crippen LogP contribution is 2.41. The van der Waals surface area contributed by atoms with E-state index in [0.717, 1.165) is 50.0 Å². The zero-order valence-electron chi connectivity index (χ0n) is 12.9. The summed E-state index contributed by atoms with van der Waals surface area (Å²) in [6.45, 7) is 2.93. The van der Waals surface area contributed by atoms with Gasteiger partial charge in [-0.2, -0.15) is 0 Å². The molecule has 3 rings (SSSR count). The Bertz CT molecular complexity index is 506. The summed E-state index contributed by atoms with van der Waals surface area (Å²) in [5.41, 5.74) is 0.834. The molecule has 4 heteroatoms. The molecule has 1 unspecified atom stereocenters. The molecule has 1 saturated heterocycles. The van der Waals surface area contributed by atoms with Crippen molar-refractivity contribution in [3.05, 3.63) is 29.8 Å². The number of amides is 1. The number of carbonyl (C=O) groups excluding carboxylic acids is 1. The van der Waals surface area contributed by atoms with Gasteiger partial charge in [0.25, 0.3) is 0 Å². The fraction of sp³-hybridized carbons (Fsp3) is 0.588. The number of nitrogens with zero attached hydrogens (tertiary/aromatic N) is 1. The van der Waals surface area contributed by atoms with Gasteiger partial charge < -0.3 is 9.64 Å². The van der Waals surface area contributed by atoms with E-state index in [4.69, 9.17) is 4.74 Å². The summed E-state index contributed by atoms with van der Waals surface area (Å²) in [6, 6.07) is 8.04. The van der Waals surface area contributed by atoms with Crippen LogP contribution in [0.2, 0.25) is 0 Å². The van der Waals surface area contributed by atoms with E-state index in [-0.39, 0.29) is 11.7 Å². The van der Waals surface area contributed by atoms with Gasteiger partial charge in [-0.05, 0) is 37.0 Å². The highest BCUT2D eigenvalue weighted by molar-refractivity contribution is 5.89. The topological polar surface area (TPSA) is 41.6 Å². The van der Waals surface area contributed by atoms with Crippen molar-refractivity contribution in [2.24, 2.45) is 0 Å². The molecular formula is C17H24N2O2. The van der Waals surface area contributed by atoms with E-state index in [1.165, 1.54) is 0 Å². The van der Waals surface area contributed by atoms with E-state index >= 15 is 0 Å². The Morgan fingerprint density at radius 1 is 1.29 bits per heavy atom. The SMILES string of the molecule is CCCN1C(=O)C2(CCCC2)NC1c1ccc(OC)cc1. The minimum atomic E-state index is -0.306. The number of benzene rings is 1. The molecule has 1 spiro atoms. The first kappa shape index (κ1) is 14.4. The predicted molar refractivity (Wildman–Crippen MR) is 82.1 cm³/mol. The minimum Gasteiger partial charge on any atom is -0.497 e. The van der Waals surface area contributed by atoms with Gasteiger partial charge in [-0.3, -0.25) is 10.1 Å². The van der Waals surface area contributed by atoms with Crippen LogP contribution in [0.4, 0.5) is 0 Å². The van der Waals surface area contributed by atoms with E-state index in [1.807, 2.05) is 17.0 Å². The quantitative estimate of drug-likeness (QED) is 0.926. The first-order valence-electron chi connectivity index (χ1n) is 7.93. The fourth-order valence-corrected chi connectivity index (χ4v) is 3.65. The van der Waals surface area contributed by atoms with Crippen molar-refractivity contribution in [1.82, 2.24) is 10.2 Å². The van der Waals surface area contributed by atoms with Crippen molar-refractivity contribution in [2.45, 2.75) is 50.7 Å². The van der Waals surface area contributed by atoms with E-state index in [2.05, 4.69) is 24.4 Å². The highest BCUT2D eigenvalue weighted by Gasteiger charge is 2.52. The van der Waals surface area contributed by atoms with Crippen LogP contribution in [0.15, 0.2) is 24.3 Å². The molecule has 1 atom stereocenters. The molecule has 4 nitrogen and oxygen atoms in total. The molecule has 21 heavy (non-hydrogen) atoms. The molecule has 1 aromatic rings. The minimum absolute atomic E-state index is 0.00135. The van der Waals surface area contributed by atoms with E-state index in [9.17, 15) is 4.79 Å². The third-order valence-corrected chi connectivity index (χ3v) is 4.75. The Kier molecular flexibility index (Phi) is 3.89. The van der Waals surface area contributed by atoms with E-state index in [0.29, 0.717) is 5.91 Å². The zero-order chi connectivity index (χ0) is 14.9. The zero-order valence-corrected chi connectivity index (χ0v) is 12.9. The second-order valence-electron chi connectivity index (χ2n) is 6.11. The standard InChI is InChI=1S/C17H24N2O2/c1-3-12-19-15(13-6-8-14(21-2)9-7-13)18-17(16(19)20)10-4-5-11-17/h6-9,15,18H,3-5,10-12H2,1-2H3. The van der Waals surface area contributed by atoms with Gasteiger partial charge >= 0.3 is 0 Å². The van der Waals surface area contributed by atoms with Crippen LogP contribution in [0.5, 0.6) is 5.75 Å². The third kappa shape index (κ3) is 2.42. The van der Waals surface area contributed by atoms with Crippen molar-refractivity contribution >= 4 is 5.91 Å². The van der Waals surface area contributed by atoms with Crippen molar-refractivity contribution in [2.75, 3.05) is 13.7 Å². The van der Waals surface area contributed by atoms with Gasteiger partial charge in [-0.15, -0.1) is 0 Å². The fourth-order valence-electron chi connectivity index (χ4n) is 3.65. The number of hydrogen-bond donors (Lipinski definition) is 1. The van der Waals surface area contributed by atoms with Crippen LogP contribution in [0, 0.1) is 0 Å². The number of carbonyl (C=O) groups is 1. The van der Waals surface area contributed by atoms with Crippen LogP contribution < -0.4 is 10.1 Å². The molecular weight excluding hydrogens is 264 g/mol. The number of hydrogen-bond acceptors (Lipinski definition) is 3. The second-order valence-corrected chi connectivity index (χ2v) is 6.11. The summed E-state index contributed by atoms with van der Waals surface area (Å²) in [5.74, 6) is 1.14. The molecule has 1 aliphatic carbocycles. The molecule has 0 bridgehead atoms. The second kappa shape index (κ2) is 5.68. The highest BCUT2D eigenvalue weighted by atomic mass is 16.5. The maximum atomic E-state index is 12.9. The lowest BCUT2D eigenvalue weighted by molar-refractivity contribution is -0.133. The smallest absolute Gasteiger partial charge is 0.244 e. The first-order chi connectivity index (χ1) is 10.2. The Morgan fingerprint density at radius 3 is 2.52 bits per heavy atom. The molecule has 1 amide bonds. The molecule has 0 radical (unpaired) electrons. The van der Waals surface area contributed by atoms with Crippen LogP contribution >= 0.6 is 0 Å². The normalized spacial score (nSPS) is 24.0. The van der Waals surface area contributed by atoms with Crippen LogP contribution in [0.1, 0.15) is 50.8 Å². The molecule has 2 aliphatic rings. The first-order valence-corrected chi connectivity index (χ1v) is 7.93. The molecule has 1 aromatic carbocycles. The summed E-state index contributed by atoms with van der Waals surface area (Å²) >= 11 is 0. The maximum Gasteiger partial charge on any atom is 0.244 e. The molecule has 1 heterocycles. The van der Waals surface area contributed by atoms with Gasteiger partial charge in [-0.25, -0.2) is 0 Å². The Morgan fingerprint density at radius 2 is 1.95 bits per heavy atom. The van der Waals surface area contributed by atoms with Gasteiger partial charge in [-0.1, -0.05) is 31.9 Å². The molecule has 114 valence electrons. The van der Waals surface area contributed by atoms with Crippen molar-refractivity contribution in [3.8, 4) is 5.75 Å². The van der Waals surface area contributed by atoms with Gasteiger partial charge in [0.15, 0.2) is 0 Å². The van der Waals surface area contributed by atoms with Crippen LogP contribution in [0.3, 0.4) is 0 Å². The predicted octanol–water partition coefficient (Wildman–Crippen LogP) is 2.85. The summed E-state index contributed by atoms with van der Waals surface area (Å²) in [4.78, 5) is 14.9. The van der Waals surface area contributed by atoms with Crippen molar-refractivity contribution in [1.29, 1.82) is 0 Å². The largest absolute Gasteiger partial charge is 0.497 e. The Hall–Kier alpha value is -1.55. The molecule has 2 fully saturated rings. The van der Waals surface area contributed by atoms with E-state index < -0.39 is 0 Å². The number of ether oxygens (including phenoxy) is 1. The Balaban J connectivity index is 1.89. The van der Waals surface area contributed by atoms with Crippen molar-refractivity contribution in [3.63, 3.8) is 0 Å². The average molecular weight is 288 g/mol. The van der Waals surface area contributed by atoms with Crippen LogP contribution in [-0.4, -0.2) is 30.0 Å². The number of nitrogens with one attached hydrogen (secondary N) is 1. The van der Waals surface area contributed by atoms with Gasteiger partial charge in [0, 0.05) is 6.54 Å². The van der Waals surface area contributed by atoms with Crippen LogP contribution in [0.25, 0.3) is 0 Å². The number of methoxy groups -OCH3 is 1. The lowest BCUT2D eigenvalue weighted by Gasteiger charge is -2.24. The third-order valence-electron chi connectivity index (χ3n) is 4.75. The van der Waals surface area contributed by atoms with Gasteiger partial charge in [0.1, 0.15) is 11.9 Å². The van der Waals surface area contributed by atoms with Gasteiger partial charge in [0.2, 0.25) is 5.91 Å². The maximum absolute atomic E-state index is 12.9. The van der Waals surface area contributed by atoms with Gasteiger partial charge in [0.05, 0.1) is 12.6 Å².